The Balaban J connectivity index is 1.70. The number of pyridine rings is 1. The lowest BCUT2D eigenvalue weighted by atomic mass is 10.0. The molecule has 3 rings (SSSR count). The first-order valence-electron chi connectivity index (χ1n) is 8.91. The van der Waals surface area contributed by atoms with E-state index in [-0.39, 0.29) is 11.9 Å². The minimum atomic E-state index is -0.344. The lowest BCUT2D eigenvalue weighted by Gasteiger charge is -2.26. The lowest BCUT2D eigenvalue weighted by Crippen LogP contribution is -2.34. The highest BCUT2D eigenvalue weighted by Gasteiger charge is 2.24. The smallest absolute Gasteiger partial charge is 0.246 e. The Morgan fingerprint density at radius 3 is 2.26 bits per heavy atom. The summed E-state index contributed by atoms with van der Waals surface area (Å²) in [5.41, 5.74) is 1.70. The van der Waals surface area contributed by atoms with Crippen molar-refractivity contribution in [2.75, 3.05) is 18.9 Å². The van der Waals surface area contributed by atoms with Crippen molar-refractivity contribution in [3.8, 4) is 11.5 Å². The maximum Gasteiger partial charge on any atom is 0.246 e. The van der Waals surface area contributed by atoms with Crippen LogP contribution in [0.25, 0.3) is 0 Å². The van der Waals surface area contributed by atoms with Gasteiger partial charge in [0, 0.05) is 18.1 Å². The monoisotopic (exact) mass is 361 g/mol. The Kier molecular flexibility index (Phi) is 6.18. The number of amides is 1. The van der Waals surface area contributed by atoms with Gasteiger partial charge in [0.15, 0.2) is 0 Å². The first kappa shape index (κ1) is 18.6. The summed E-state index contributed by atoms with van der Waals surface area (Å²) in [7, 11) is 1.95. The van der Waals surface area contributed by atoms with E-state index in [4.69, 9.17) is 4.74 Å². The van der Waals surface area contributed by atoms with Gasteiger partial charge in [0.05, 0.1) is 0 Å². The molecule has 1 N–H and O–H groups in total. The SMILES string of the molecule is CCN(C)C(C(=O)Nc1ccc(Oc2ccncc2)cc1)c1ccccc1. The molecule has 1 unspecified atom stereocenters. The van der Waals surface area contributed by atoms with Crippen molar-refractivity contribution in [1.29, 1.82) is 0 Å². The molecule has 1 amide bonds. The van der Waals surface area contributed by atoms with Crippen molar-refractivity contribution in [3.05, 3.63) is 84.7 Å². The summed E-state index contributed by atoms with van der Waals surface area (Å²) in [6.45, 7) is 2.81. The van der Waals surface area contributed by atoms with Crippen LogP contribution in [0.5, 0.6) is 11.5 Å². The standard InChI is InChI=1S/C22H23N3O2/c1-3-25(2)21(17-7-5-4-6-8-17)22(26)24-18-9-11-19(12-10-18)27-20-13-15-23-16-14-20/h4-16,21H,3H2,1-2H3,(H,24,26). The summed E-state index contributed by atoms with van der Waals surface area (Å²) < 4.78 is 5.75. The maximum absolute atomic E-state index is 12.9. The zero-order valence-corrected chi connectivity index (χ0v) is 15.5. The van der Waals surface area contributed by atoms with Crippen molar-refractivity contribution in [2.24, 2.45) is 0 Å². The van der Waals surface area contributed by atoms with Gasteiger partial charge in [-0.1, -0.05) is 37.3 Å². The van der Waals surface area contributed by atoms with Crippen molar-refractivity contribution in [3.63, 3.8) is 0 Å². The molecule has 27 heavy (non-hydrogen) atoms. The molecule has 0 bridgehead atoms. The van der Waals surface area contributed by atoms with E-state index in [0.717, 1.165) is 23.5 Å². The molecule has 1 atom stereocenters. The number of carbonyl (C=O) groups is 1. The zero-order chi connectivity index (χ0) is 19.1. The Hall–Kier alpha value is -3.18. The normalized spacial score (nSPS) is 11.8. The number of nitrogens with zero attached hydrogens (tertiary/aromatic N) is 2. The summed E-state index contributed by atoms with van der Waals surface area (Å²) in [6, 6.07) is 20.4. The molecule has 0 saturated heterocycles. The predicted molar refractivity (Wildman–Crippen MR) is 107 cm³/mol. The highest BCUT2D eigenvalue weighted by molar-refractivity contribution is 5.95. The third-order valence-electron chi connectivity index (χ3n) is 4.31. The van der Waals surface area contributed by atoms with E-state index >= 15 is 0 Å². The Morgan fingerprint density at radius 2 is 1.63 bits per heavy atom. The van der Waals surface area contributed by atoms with E-state index in [0.29, 0.717) is 5.75 Å². The van der Waals surface area contributed by atoms with E-state index in [1.54, 1.807) is 24.5 Å². The summed E-state index contributed by atoms with van der Waals surface area (Å²) >= 11 is 0. The molecule has 0 aliphatic carbocycles. The van der Waals surface area contributed by atoms with Gasteiger partial charge in [0.25, 0.3) is 0 Å². The third kappa shape index (κ3) is 4.92. The van der Waals surface area contributed by atoms with E-state index in [1.807, 2.05) is 73.5 Å². The van der Waals surface area contributed by atoms with Gasteiger partial charge in [-0.3, -0.25) is 14.7 Å². The molecular formula is C22H23N3O2. The summed E-state index contributed by atoms with van der Waals surface area (Å²) in [5.74, 6) is 1.35. The van der Waals surface area contributed by atoms with Crippen molar-refractivity contribution in [2.45, 2.75) is 13.0 Å². The molecule has 0 aliphatic heterocycles. The minimum Gasteiger partial charge on any atom is -0.457 e. The van der Waals surface area contributed by atoms with E-state index in [2.05, 4.69) is 10.3 Å². The molecule has 0 saturated carbocycles. The number of hydrogen-bond donors (Lipinski definition) is 1. The number of hydrogen-bond acceptors (Lipinski definition) is 4. The maximum atomic E-state index is 12.9. The molecule has 3 aromatic rings. The summed E-state index contributed by atoms with van der Waals surface area (Å²) in [5, 5.41) is 3.00. The van der Waals surface area contributed by atoms with Crippen LogP contribution in [0.15, 0.2) is 79.1 Å². The minimum absolute atomic E-state index is 0.0617. The molecule has 138 valence electrons. The molecule has 5 nitrogen and oxygen atoms in total. The number of rotatable bonds is 7. The van der Waals surface area contributed by atoms with Crippen LogP contribution in [-0.2, 0) is 4.79 Å². The number of likely N-dealkylation sites (N-methyl/N-ethyl adjacent to an activating group) is 1. The molecule has 1 heterocycles. The van der Waals surface area contributed by atoms with Crippen molar-refractivity contribution < 1.29 is 9.53 Å². The summed E-state index contributed by atoms with van der Waals surface area (Å²) in [4.78, 5) is 18.9. The van der Waals surface area contributed by atoms with Crippen LogP contribution in [0.1, 0.15) is 18.5 Å². The predicted octanol–water partition coefficient (Wildman–Crippen LogP) is 4.51. The van der Waals surface area contributed by atoms with Crippen LogP contribution in [-0.4, -0.2) is 29.4 Å². The van der Waals surface area contributed by atoms with E-state index in [1.165, 1.54) is 0 Å². The van der Waals surface area contributed by atoms with Crippen molar-refractivity contribution >= 4 is 11.6 Å². The zero-order valence-electron chi connectivity index (χ0n) is 15.5. The Bertz CT molecular complexity index is 852. The van der Waals surface area contributed by atoms with Gasteiger partial charge in [0.2, 0.25) is 5.91 Å². The topological polar surface area (TPSA) is 54.5 Å². The number of carbonyl (C=O) groups excluding carboxylic acids is 1. The van der Waals surface area contributed by atoms with Gasteiger partial charge >= 0.3 is 0 Å². The Morgan fingerprint density at radius 1 is 1.00 bits per heavy atom. The van der Waals surface area contributed by atoms with Gasteiger partial charge in [-0.25, -0.2) is 0 Å². The van der Waals surface area contributed by atoms with Gasteiger partial charge < -0.3 is 10.1 Å². The fraction of sp³-hybridized carbons (Fsp3) is 0.182. The number of ether oxygens (including phenoxy) is 1. The van der Waals surface area contributed by atoms with Crippen LogP contribution >= 0.6 is 0 Å². The highest BCUT2D eigenvalue weighted by Crippen LogP contribution is 2.24. The van der Waals surface area contributed by atoms with Gasteiger partial charge in [-0.05, 0) is 55.6 Å². The van der Waals surface area contributed by atoms with E-state index < -0.39 is 0 Å². The first-order chi connectivity index (χ1) is 13.2. The molecular weight excluding hydrogens is 338 g/mol. The van der Waals surface area contributed by atoms with Crippen LogP contribution in [0.4, 0.5) is 5.69 Å². The second-order valence-corrected chi connectivity index (χ2v) is 6.19. The van der Waals surface area contributed by atoms with Crippen LogP contribution in [0, 0.1) is 0 Å². The number of nitrogens with one attached hydrogen (secondary N) is 1. The van der Waals surface area contributed by atoms with Crippen LogP contribution in [0.2, 0.25) is 0 Å². The second kappa shape index (κ2) is 8.96. The molecule has 0 aliphatic rings. The second-order valence-electron chi connectivity index (χ2n) is 6.19. The number of aromatic nitrogens is 1. The lowest BCUT2D eigenvalue weighted by molar-refractivity contribution is -0.121. The van der Waals surface area contributed by atoms with E-state index in [9.17, 15) is 4.79 Å². The molecule has 0 fully saturated rings. The number of benzene rings is 2. The molecule has 1 aromatic heterocycles. The third-order valence-corrected chi connectivity index (χ3v) is 4.31. The molecule has 2 aromatic carbocycles. The van der Waals surface area contributed by atoms with Gasteiger partial charge in [-0.2, -0.15) is 0 Å². The quantitative estimate of drug-likeness (QED) is 0.673. The molecule has 5 heteroatoms. The largest absolute Gasteiger partial charge is 0.457 e. The van der Waals surface area contributed by atoms with Crippen LogP contribution in [0.3, 0.4) is 0 Å². The highest BCUT2D eigenvalue weighted by atomic mass is 16.5. The Labute approximate surface area is 159 Å². The first-order valence-corrected chi connectivity index (χ1v) is 8.91. The molecule has 0 radical (unpaired) electrons. The summed E-state index contributed by atoms with van der Waals surface area (Å²) in [6.07, 6.45) is 3.36. The van der Waals surface area contributed by atoms with Crippen molar-refractivity contribution in [1.82, 2.24) is 9.88 Å². The molecule has 0 spiro atoms. The van der Waals surface area contributed by atoms with Crippen LogP contribution < -0.4 is 10.1 Å². The van der Waals surface area contributed by atoms with Gasteiger partial charge in [-0.15, -0.1) is 0 Å². The number of anilines is 1. The van der Waals surface area contributed by atoms with Gasteiger partial charge in [0.1, 0.15) is 17.5 Å². The average molecular weight is 361 g/mol. The fourth-order valence-corrected chi connectivity index (χ4v) is 2.78. The average Bonchev–Trinajstić information content (AvgIpc) is 2.71. The fourth-order valence-electron chi connectivity index (χ4n) is 2.78.